The van der Waals surface area contributed by atoms with Gasteiger partial charge in [-0.05, 0) is 6.07 Å². The first kappa shape index (κ1) is 12.2. The van der Waals surface area contributed by atoms with Gasteiger partial charge in [0.2, 0.25) is 5.52 Å². The minimum absolute atomic E-state index is 0. The topological polar surface area (TPSA) is 13.1 Å². The summed E-state index contributed by atoms with van der Waals surface area (Å²) in [5.41, 5.74) is 2.39. The summed E-state index contributed by atoms with van der Waals surface area (Å²) >= 11 is 0. The summed E-state index contributed by atoms with van der Waals surface area (Å²) in [6.45, 7) is 2.08. The second-order valence-electron chi connectivity index (χ2n) is 3.43. The minimum atomic E-state index is 0. The number of hydrogen-bond acceptors (Lipinski definition) is 1. The Morgan fingerprint density at radius 1 is 1.20 bits per heavy atom. The molecule has 0 aliphatic carbocycles. The quantitative estimate of drug-likeness (QED) is 0.582. The maximum Gasteiger partial charge on any atom is 0.216 e. The second kappa shape index (κ2) is 4.79. The number of rotatable bonds is 1. The highest BCUT2D eigenvalue weighted by molar-refractivity contribution is 14.0. The third kappa shape index (κ3) is 2.07. The molecule has 0 amide bonds. The molecule has 0 bridgehead atoms. The predicted molar refractivity (Wildman–Crippen MR) is 71.8 cm³/mol. The monoisotopic (exact) mass is 316 g/mol. The highest BCUT2D eigenvalue weighted by Crippen LogP contribution is 2.23. The van der Waals surface area contributed by atoms with E-state index in [1.54, 1.807) is 7.11 Å². The molecular weight excluding hydrogens is 301 g/mol. The predicted octanol–water partition coefficient (Wildman–Crippen LogP) is 2.60. The molecule has 1 aromatic heterocycles. The van der Waals surface area contributed by atoms with Crippen LogP contribution < -0.4 is 9.30 Å². The van der Waals surface area contributed by atoms with Crippen LogP contribution in [-0.4, -0.2) is 7.11 Å². The smallest absolute Gasteiger partial charge is 0.216 e. The van der Waals surface area contributed by atoms with Gasteiger partial charge in [-0.1, -0.05) is 12.1 Å². The van der Waals surface area contributed by atoms with E-state index in [1.807, 2.05) is 12.1 Å². The molecular formula is C12H15INO+. The van der Waals surface area contributed by atoms with Crippen molar-refractivity contribution in [2.45, 2.75) is 6.92 Å². The Kier molecular flexibility index (Phi) is 3.90. The molecule has 0 aliphatic heterocycles. The van der Waals surface area contributed by atoms with Crippen molar-refractivity contribution in [3.8, 4) is 5.75 Å². The molecule has 2 aromatic rings. The van der Waals surface area contributed by atoms with Gasteiger partial charge in [-0.3, -0.25) is 0 Å². The molecule has 2 rings (SSSR count). The molecule has 1 aromatic carbocycles. The maximum atomic E-state index is 5.35. The van der Waals surface area contributed by atoms with Crippen LogP contribution in [0.4, 0.5) is 0 Å². The molecule has 0 N–H and O–H groups in total. The standard InChI is InChI=1S/C12H14NO.HI/c1-9-8-12(14-3)10-6-4-5-7-11(10)13(9)2;/h4-8H,1-3H3;1H/q+1;. The molecule has 0 aliphatic rings. The van der Waals surface area contributed by atoms with Crippen molar-refractivity contribution in [3.05, 3.63) is 36.0 Å². The van der Waals surface area contributed by atoms with Crippen molar-refractivity contribution in [2.24, 2.45) is 7.05 Å². The van der Waals surface area contributed by atoms with Gasteiger partial charge in [-0.15, -0.1) is 24.0 Å². The molecule has 2 nitrogen and oxygen atoms in total. The summed E-state index contributed by atoms with van der Waals surface area (Å²) in [6.07, 6.45) is 0. The van der Waals surface area contributed by atoms with Gasteiger partial charge in [0.05, 0.1) is 12.5 Å². The number of hydrogen-bond donors (Lipinski definition) is 0. The van der Waals surface area contributed by atoms with Crippen LogP contribution in [0.2, 0.25) is 0 Å². The van der Waals surface area contributed by atoms with E-state index in [2.05, 4.69) is 36.7 Å². The highest BCUT2D eigenvalue weighted by atomic mass is 127. The van der Waals surface area contributed by atoms with E-state index in [4.69, 9.17) is 4.74 Å². The number of aryl methyl sites for hydroxylation is 2. The Balaban J connectivity index is 0.00000112. The van der Waals surface area contributed by atoms with Crippen LogP contribution in [0.5, 0.6) is 5.75 Å². The molecule has 0 unspecified atom stereocenters. The normalized spacial score (nSPS) is 9.80. The molecule has 0 atom stereocenters. The third-order valence-corrected chi connectivity index (χ3v) is 2.62. The summed E-state index contributed by atoms with van der Waals surface area (Å²) < 4.78 is 7.51. The molecule has 0 spiro atoms. The summed E-state index contributed by atoms with van der Waals surface area (Å²) in [4.78, 5) is 0. The Morgan fingerprint density at radius 3 is 2.53 bits per heavy atom. The van der Waals surface area contributed by atoms with E-state index in [-0.39, 0.29) is 24.0 Å². The Hall–Kier alpha value is -0.840. The number of benzene rings is 1. The van der Waals surface area contributed by atoms with Gasteiger partial charge in [0.15, 0.2) is 5.69 Å². The molecule has 0 fully saturated rings. The van der Waals surface area contributed by atoms with Gasteiger partial charge in [0.25, 0.3) is 0 Å². The fourth-order valence-corrected chi connectivity index (χ4v) is 1.70. The number of ether oxygens (including phenoxy) is 1. The molecule has 0 radical (unpaired) electrons. The molecule has 80 valence electrons. The van der Waals surface area contributed by atoms with Crippen LogP contribution in [-0.2, 0) is 7.05 Å². The first-order valence-electron chi connectivity index (χ1n) is 4.66. The van der Waals surface area contributed by atoms with E-state index >= 15 is 0 Å². The van der Waals surface area contributed by atoms with E-state index in [9.17, 15) is 0 Å². The van der Waals surface area contributed by atoms with Gasteiger partial charge >= 0.3 is 0 Å². The molecule has 15 heavy (non-hydrogen) atoms. The first-order valence-corrected chi connectivity index (χ1v) is 4.66. The number of fused-ring (bicyclic) bond motifs is 1. The van der Waals surface area contributed by atoms with Gasteiger partial charge < -0.3 is 4.74 Å². The molecule has 1 heterocycles. The SMILES string of the molecule is COc1cc(C)[n+](C)c2ccccc12.I. The van der Waals surface area contributed by atoms with Crippen LogP contribution in [0.15, 0.2) is 30.3 Å². The van der Waals surface area contributed by atoms with E-state index in [0.29, 0.717) is 0 Å². The van der Waals surface area contributed by atoms with Gasteiger partial charge in [-0.25, -0.2) is 0 Å². The zero-order valence-corrected chi connectivity index (χ0v) is 11.5. The third-order valence-electron chi connectivity index (χ3n) is 2.62. The zero-order valence-electron chi connectivity index (χ0n) is 9.15. The summed E-state index contributed by atoms with van der Waals surface area (Å²) in [6, 6.07) is 10.3. The maximum absolute atomic E-state index is 5.35. The van der Waals surface area contributed by atoms with Gasteiger partial charge in [0.1, 0.15) is 12.8 Å². The number of para-hydroxylation sites is 1. The average Bonchev–Trinajstić information content (AvgIpc) is 2.23. The largest absolute Gasteiger partial charge is 0.496 e. The lowest BCUT2D eigenvalue weighted by Crippen LogP contribution is -2.32. The van der Waals surface area contributed by atoms with Crippen molar-refractivity contribution < 1.29 is 9.30 Å². The van der Waals surface area contributed by atoms with Gasteiger partial charge in [-0.2, -0.15) is 4.57 Å². The number of nitrogens with zero attached hydrogens (tertiary/aromatic N) is 1. The first-order chi connectivity index (χ1) is 6.74. The van der Waals surface area contributed by atoms with E-state index in [1.165, 1.54) is 11.2 Å². The lowest BCUT2D eigenvalue weighted by molar-refractivity contribution is -0.651. The number of halogens is 1. The lowest BCUT2D eigenvalue weighted by atomic mass is 10.2. The van der Waals surface area contributed by atoms with Crippen LogP contribution in [0.3, 0.4) is 0 Å². The van der Waals surface area contributed by atoms with Crippen molar-refractivity contribution in [2.75, 3.05) is 7.11 Å². The minimum Gasteiger partial charge on any atom is -0.496 e. The van der Waals surface area contributed by atoms with Crippen LogP contribution in [0, 0.1) is 6.92 Å². The zero-order chi connectivity index (χ0) is 10.1. The van der Waals surface area contributed by atoms with Crippen molar-refractivity contribution in [1.82, 2.24) is 0 Å². The molecule has 3 heteroatoms. The summed E-state index contributed by atoms with van der Waals surface area (Å²) in [7, 11) is 3.78. The van der Waals surface area contributed by atoms with Gasteiger partial charge in [0, 0.05) is 19.1 Å². The van der Waals surface area contributed by atoms with Crippen LogP contribution in [0.1, 0.15) is 5.69 Å². The average molecular weight is 316 g/mol. The summed E-state index contributed by atoms with van der Waals surface area (Å²) in [5, 5.41) is 1.16. The van der Waals surface area contributed by atoms with E-state index in [0.717, 1.165) is 11.1 Å². The second-order valence-corrected chi connectivity index (χ2v) is 3.43. The van der Waals surface area contributed by atoms with Crippen molar-refractivity contribution >= 4 is 34.9 Å². The van der Waals surface area contributed by atoms with E-state index < -0.39 is 0 Å². The number of aromatic nitrogens is 1. The number of pyridine rings is 1. The Morgan fingerprint density at radius 2 is 1.87 bits per heavy atom. The molecule has 0 saturated carbocycles. The van der Waals surface area contributed by atoms with Crippen molar-refractivity contribution in [3.63, 3.8) is 0 Å². The van der Waals surface area contributed by atoms with Crippen molar-refractivity contribution in [1.29, 1.82) is 0 Å². The van der Waals surface area contributed by atoms with Crippen LogP contribution >= 0.6 is 24.0 Å². The van der Waals surface area contributed by atoms with Crippen LogP contribution in [0.25, 0.3) is 10.9 Å². The Labute approximate surface area is 107 Å². The molecule has 0 saturated heterocycles. The number of methoxy groups -OCH3 is 1. The highest BCUT2D eigenvalue weighted by Gasteiger charge is 2.12. The summed E-state index contributed by atoms with van der Waals surface area (Å²) in [5.74, 6) is 0.941. The lowest BCUT2D eigenvalue weighted by Gasteiger charge is -2.05. The fourth-order valence-electron chi connectivity index (χ4n) is 1.70. The Bertz CT molecular complexity index is 482. The fraction of sp³-hybridized carbons (Fsp3) is 0.250.